The third-order valence-corrected chi connectivity index (χ3v) is 6.44. The fourth-order valence-corrected chi connectivity index (χ4v) is 4.47. The number of nitrogens with zero attached hydrogens (tertiary/aromatic N) is 3. The quantitative estimate of drug-likeness (QED) is 0.322. The third-order valence-electron chi connectivity index (χ3n) is 5.50. The van der Waals surface area contributed by atoms with Crippen LogP contribution in [0.1, 0.15) is 21.5 Å². The normalized spacial score (nSPS) is 10.9. The molecule has 1 heterocycles. The van der Waals surface area contributed by atoms with Crippen LogP contribution in [0.2, 0.25) is 0 Å². The second-order valence-electron chi connectivity index (χ2n) is 8.46. The first-order valence-electron chi connectivity index (χ1n) is 11.1. The van der Waals surface area contributed by atoms with Crippen molar-refractivity contribution in [3.05, 3.63) is 93.8 Å². The minimum absolute atomic E-state index is 0.0635. The summed E-state index contributed by atoms with van der Waals surface area (Å²) in [5.41, 5.74) is 4.25. The minimum Gasteiger partial charge on any atom is -0.345 e. The van der Waals surface area contributed by atoms with Crippen molar-refractivity contribution in [1.82, 2.24) is 14.5 Å². The van der Waals surface area contributed by atoms with E-state index in [0.717, 1.165) is 16.8 Å². The Bertz CT molecular complexity index is 1480. The predicted octanol–water partition coefficient (Wildman–Crippen LogP) is 4.44. The molecule has 0 aliphatic heterocycles. The molecule has 8 heteroatoms. The number of rotatable bonds is 6. The van der Waals surface area contributed by atoms with Gasteiger partial charge >= 0.3 is 0 Å². The lowest BCUT2D eigenvalue weighted by Gasteiger charge is -2.16. The van der Waals surface area contributed by atoms with E-state index in [1.54, 1.807) is 55.1 Å². The molecule has 4 aromatic rings. The Balaban J connectivity index is 1.60. The van der Waals surface area contributed by atoms with Crippen molar-refractivity contribution in [3.8, 4) is 5.69 Å². The van der Waals surface area contributed by atoms with Crippen LogP contribution in [0, 0.1) is 13.8 Å². The van der Waals surface area contributed by atoms with E-state index in [-0.39, 0.29) is 23.1 Å². The molecular weight excluding hydrogens is 460 g/mol. The number of aryl methyl sites for hydroxylation is 2. The van der Waals surface area contributed by atoms with Crippen molar-refractivity contribution in [2.24, 2.45) is 0 Å². The lowest BCUT2D eigenvalue weighted by atomic mass is 10.1. The summed E-state index contributed by atoms with van der Waals surface area (Å²) < 4.78 is 1.59. The van der Waals surface area contributed by atoms with Gasteiger partial charge in [-0.3, -0.25) is 19.0 Å². The Morgan fingerprint density at radius 1 is 1.00 bits per heavy atom. The number of thioether (sulfide) groups is 1. The van der Waals surface area contributed by atoms with Crippen LogP contribution < -0.4 is 10.9 Å². The summed E-state index contributed by atoms with van der Waals surface area (Å²) in [6.07, 6.45) is 0. The van der Waals surface area contributed by atoms with Gasteiger partial charge in [0.05, 0.1) is 22.3 Å². The van der Waals surface area contributed by atoms with E-state index in [1.165, 1.54) is 16.7 Å². The highest BCUT2D eigenvalue weighted by molar-refractivity contribution is 7.99. The van der Waals surface area contributed by atoms with Gasteiger partial charge in [0.25, 0.3) is 11.5 Å². The van der Waals surface area contributed by atoms with Crippen molar-refractivity contribution in [2.75, 3.05) is 25.2 Å². The number of hydrogen-bond acceptors (Lipinski definition) is 5. The molecule has 0 saturated heterocycles. The van der Waals surface area contributed by atoms with Crippen LogP contribution in [0.3, 0.4) is 0 Å². The van der Waals surface area contributed by atoms with E-state index < -0.39 is 0 Å². The summed E-state index contributed by atoms with van der Waals surface area (Å²) in [5.74, 6) is -0.282. The number of aromatic nitrogens is 2. The van der Waals surface area contributed by atoms with Crippen molar-refractivity contribution in [3.63, 3.8) is 0 Å². The molecule has 0 unspecified atom stereocenters. The molecule has 3 aromatic carbocycles. The van der Waals surface area contributed by atoms with Gasteiger partial charge < -0.3 is 10.2 Å². The Hall–Kier alpha value is -3.91. The SMILES string of the molecule is Cc1ccc(C)c(-n2c(SCC(=O)Nc3ccc(C(=O)N(C)C)cc3)nc3ccccc3c2=O)c1. The number of benzene rings is 3. The van der Waals surface area contributed by atoms with Gasteiger partial charge in [-0.2, -0.15) is 0 Å². The van der Waals surface area contributed by atoms with Gasteiger partial charge in [0.2, 0.25) is 5.91 Å². The smallest absolute Gasteiger partial charge is 0.266 e. The maximum absolute atomic E-state index is 13.5. The monoisotopic (exact) mass is 486 g/mol. The average Bonchev–Trinajstić information content (AvgIpc) is 2.84. The highest BCUT2D eigenvalue weighted by Crippen LogP contribution is 2.24. The van der Waals surface area contributed by atoms with Crippen LogP contribution in [-0.2, 0) is 4.79 Å². The number of anilines is 1. The standard InChI is InChI=1S/C27H26N4O3S/c1-17-9-10-18(2)23(15-17)31-26(34)21-7-5-6-8-22(21)29-27(31)35-16-24(32)28-20-13-11-19(12-14-20)25(33)30(3)4/h5-15H,16H2,1-4H3,(H,28,32). The van der Waals surface area contributed by atoms with E-state index in [9.17, 15) is 14.4 Å². The maximum Gasteiger partial charge on any atom is 0.266 e. The van der Waals surface area contributed by atoms with Crippen LogP contribution in [0.5, 0.6) is 0 Å². The molecule has 2 amide bonds. The summed E-state index contributed by atoms with van der Waals surface area (Å²) in [5, 5.41) is 3.81. The molecule has 1 aromatic heterocycles. The number of fused-ring (bicyclic) bond motifs is 1. The number of hydrogen-bond donors (Lipinski definition) is 1. The van der Waals surface area contributed by atoms with E-state index in [4.69, 9.17) is 4.98 Å². The first kappa shape index (κ1) is 24.2. The molecule has 1 N–H and O–H groups in total. The van der Waals surface area contributed by atoms with E-state index in [1.807, 2.05) is 44.2 Å². The van der Waals surface area contributed by atoms with Crippen molar-refractivity contribution in [1.29, 1.82) is 0 Å². The van der Waals surface area contributed by atoms with Gasteiger partial charge in [0.1, 0.15) is 0 Å². The molecule has 35 heavy (non-hydrogen) atoms. The van der Waals surface area contributed by atoms with Gasteiger partial charge in [0, 0.05) is 25.3 Å². The molecule has 178 valence electrons. The highest BCUT2D eigenvalue weighted by Gasteiger charge is 2.16. The van der Waals surface area contributed by atoms with Gasteiger partial charge in [-0.25, -0.2) is 4.98 Å². The Morgan fingerprint density at radius 2 is 1.71 bits per heavy atom. The number of amides is 2. The fourth-order valence-electron chi connectivity index (χ4n) is 3.66. The second kappa shape index (κ2) is 10.1. The van der Waals surface area contributed by atoms with Crippen LogP contribution in [0.4, 0.5) is 5.69 Å². The zero-order valence-corrected chi connectivity index (χ0v) is 20.8. The molecule has 7 nitrogen and oxygen atoms in total. The maximum atomic E-state index is 13.5. The Labute approximate surface area is 207 Å². The van der Waals surface area contributed by atoms with Gasteiger partial charge in [-0.15, -0.1) is 0 Å². The molecule has 0 saturated carbocycles. The number of carbonyl (C=O) groups is 2. The summed E-state index contributed by atoms with van der Waals surface area (Å²) in [6, 6.07) is 19.9. The molecule has 4 rings (SSSR count). The first-order chi connectivity index (χ1) is 16.7. The predicted molar refractivity (Wildman–Crippen MR) is 141 cm³/mol. The van der Waals surface area contributed by atoms with Crippen molar-refractivity contribution >= 4 is 40.2 Å². The van der Waals surface area contributed by atoms with Gasteiger partial charge in [-0.1, -0.05) is 36.0 Å². The Morgan fingerprint density at radius 3 is 2.43 bits per heavy atom. The summed E-state index contributed by atoms with van der Waals surface area (Å²) in [6.45, 7) is 3.92. The lowest BCUT2D eigenvalue weighted by Crippen LogP contribution is -2.23. The van der Waals surface area contributed by atoms with E-state index in [0.29, 0.717) is 27.3 Å². The van der Waals surface area contributed by atoms with Crippen LogP contribution in [0.25, 0.3) is 16.6 Å². The molecule has 0 spiro atoms. The van der Waals surface area contributed by atoms with Gasteiger partial charge in [-0.05, 0) is 67.4 Å². The number of para-hydroxylation sites is 1. The van der Waals surface area contributed by atoms with Crippen LogP contribution in [0.15, 0.2) is 76.7 Å². The van der Waals surface area contributed by atoms with Crippen LogP contribution >= 0.6 is 11.8 Å². The summed E-state index contributed by atoms with van der Waals surface area (Å²) in [4.78, 5) is 44.4. The van der Waals surface area contributed by atoms with E-state index >= 15 is 0 Å². The highest BCUT2D eigenvalue weighted by atomic mass is 32.2. The molecule has 0 bridgehead atoms. The molecule has 0 radical (unpaired) electrons. The molecule has 0 aliphatic rings. The molecule has 0 aliphatic carbocycles. The number of nitrogens with one attached hydrogen (secondary N) is 1. The summed E-state index contributed by atoms with van der Waals surface area (Å²) in [7, 11) is 3.38. The number of carbonyl (C=O) groups excluding carboxylic acids is 2. The van der Waals surface area contributed by atoms with Crippen molar-refractivity contribution in [2.45, 2.75) is 19.0 Å². The zero-order valence-electron chi connectivity index (χ0n) is 20.0. The second-order valence-corrected chi connectivity index (χ2v) is 9.40. The van der Waals surface area contributed by atoms with Gasteiger partial charge in [0.15, 0.2) is 5.16 Å². The topological polar surface area (TPSA) is 84.3 Å². The fraction of sp³-hybridized carbons (Fsp3) is 0.185. The molecular formula is C27H26N4O3S. The molecule has 0 atom stereocenters. The van der Waals surface area contributed by atoms with Crippen molar-refractivity contribution < 1.29 is 9.59 Å². The third kappa shape index (κ3) is 5.27. The molecule has 0 fully saturated rings. The van der Waals surface area contributed by atoms with E-state index in [2.05, 4.69) is 5.32 Å². The summed E-state index contributed by atoms with van der Waals surface area (Å²) >= 11 is 1.20. The zero-order chi connectivity index (χ0) is 25.1. The van der Waals surface area contributed by atoms with Crippen LogP contribution in [-0.4, -0.2) is 46.1 Å². The largest absolute Gasteiger partial charge is 0.345 e. The Kier molecular flexibility index (Phi) is 7.02. The first-order valence-corrected chi connectivity index (χ1v) is 12.1. The lowest BCUT2D eigenvalue weighted by molar-refractivity contribution is -0.113. The minimum atomic E-state index is -0.239. The average molecular weight is 487 g/mol.